The number of carbonyl (C=O) groups is 1. The summed E-state index contributed by atoms with van der Waals surface area (Å²) in [6, 6.07) is 7.88. The molecule has 0 fully saturated rings. The molecule has 3 aromatic rings. The van der Waals surface area contributed by atoms with Gasteiger partial charge in [-0.15, -0.1) is 5.10 Å². The second-order valence-corrected chi connectivity index (χ2v) is 7.50. The number of benzene rings is 1. The third-order valence-electron chi connectivity index (χ3n) is 4.68. The summed E-state index contributed by atoms with van der Waals surface area (Å²) < 4.78 is 7.43. The van der Waals surface area contributed by atoms with E-state index in [0.717, 1.165) is 22.7 Å². The number of hydrogen-bond donors (Lipinski definition) is 0. The fraction of sp³-hybridized carbons (Fsp3) is 0.400. The molecular weight excluding hydrogens is 374 g/mol. The molecule has 28 heavy (non-hydrogen) atoms. The van der Waals surface area contributed by atoms with Gasteiger partial charge in [-0.3, -0.25) is 4.79 Å². The normalized spacial score (nSPS) is 11.0. The Morgan fingerprint density at radius 3 is 2.57 bits per heavy atom. The van der Waals surface area contributed by atoms with Crippen LogP contribution in [0.15, 0.2) is 29.4 Å². The number of aryl methyl sites for hydroxylation is 3. The van der Waals surface area contributed by atoms with Crippen molar-refractivity contribution in [3.05, 3.63) is 46.8 Å². The Bertz CT molecular complexity index is 984. The van der Waals surface area contributed by atoms with Crippen LogP contribution in [0.1, 0.15) is 22.5 Å². The van der Waals surface area contributed by atoms with E-state index in [4.69, 9.17) is 4.74 Å². The van der Waals surface area contributed by atoms with Crippen LogP contribution in [0, 0.1) is 20.8 Å². The highest BCUT2D eigenvalue weighted by molar-refractivity contribution is 7.98. The van der Waals surface area contributed by atoms with E-state index in [1.54, 1.807) is 16.5 Å². The third kappa shape index (κ3) is 4.44. The highest BCUT2D eigenvalue weighted by Crippen LogP contribution is 2.18. The zero-order valence-electron chi connectivity index (χ0n) is 16.9. The molecule has 148 valence electrons. The lowest BCUT2D eigenvalue weighted by Gasteiger charge is -2.19. The van der Waals surface area contributed by atoms with Crippen LogP contribution in [0.25, 0.3) is 5.78 Å². The minimum atomic E-state index is 0.0186. The molecule has 3 rings (SSSR count). The summed E-state index contributed by atoms with van der Waals surface area (Å²) in [4.78, 5) is 23.3. The number of aromatic nitrogens is 4. The fourth-order valence-electron chi connectivity index (χ4n) is 2.88. The van der Waals surface area contributed by atoms with Crippen molar-refractivity contribution in [3.8, 4) is 5.75 Å². The zero-order chi connectivity index (χ0) is 20.3. The molecule has 1 amide bonds. The molecule has 8 heteroatoms. The van der Waals surface area contributed by atoms with Gasteiger partial charge in [0.15, 0.2) is 0 Å². The number of fused-ring (bicyclic) bond motifs is 1. The van der Waals surface area contributed by atoms with Gasteiger partial charge in [0.2, 0.25) is 11.1 Å². The number of rotatable bonds is 7. The third-order valence-corrected chi connectivity index (χ3v) is 5.22. The van der Waals surface area contributed by atoms with Crippen molar-refractivity contribution in [2.24, 2.45) is 0 Å². The molecule has 0 atom stereocenters. The lowest BCUT2D eigenvalue weighted by Crippen LogP contribution is -2.32. The summed E-state index contributed by atoms with van der Waals surface area (Å²) in [7, 11) is 1.79. The van der Waals surface area contributed by atoms with Gasteiger partial charge >= 0.3 is 0 Å². The standard InChI is InChI=1S/C20H25N5O2S/c1-13-6-8-16(9-7-13)27-11-10-24(4)18(26)12-17-14(2)21-19-22-20(28-5)23-25(19)15(17)3/h6-9H,10-12H2,1-5H3. The predicted molar refractivity (Wildman–Crippen MR) is 110 cm³/mol. The highest BCUT2D eigenvalue weighted by Gasteiger charge is 2.18. The van der Waals surface area contributed by atoms with Gasteiger partial charge in [-0.2, -0.15) is 4.98 Å². The quantitative estimate of drug-likeness (QED) is 0.569. The molecule has 2 aromatic heterocycles. The Morgan fingerprint density at radius 1 is 1.18 bits per heavy atom. The smallest absolute Gasteiger partial charge is 0.253 e. The van der Waals surface area contributed by atoms with Crippen LogP contribution in [-0.2, 0) is 11.2 Å². The van der Waals surface area contributed by atoms with Gasteiger partial charge < -0.3 is 9.64 Å². The van der Waals surface area contributed by atoms with Crippen molar-refractivity contribution in [1.29, 1.82) is 0 Å². The monoisotopic (exact) mass is 399 g/mol. The molecule has 0 aliphatic heterocycles. The number of hydrogen-bond acceptors (Lipinski definition) is 6. The van der Waals surface area contributed by atoms with Gasteiger partial charge in [-0.25, -0.2) is 9.50 Å². The van der Waals surface area contributed by atoms with Crippen molar-refractivity contribution in [2.45, 2.75) is 32.3 Å². The minimum absolute atomic E-state index is 0.0186. The molecule has 0 N–H and O–H groups in total. The van der Waals surface area contributed by atoms with Crippen LogP contribution in [0.5, 0.6) is 5.75 Å². The maximum Gasteiger partial charge on any atom is 0.253 e. The number of amides is 1. The summed E-state index contributed by atoms with van der Waals surface area (Å²) >= 11 is 1.47. The van der Waals surface area contributed by atoms with E-state index < -0.39 is 0 Å². The minimum Gasteiger partial charge on any atom is -0.492 e. The van der Waals surface area contributed by atoms with Crippen LogP contribution in [-0.4, -0.2) is 56.8 Å². The van der Waals surface area contributed by atoms with E-state index in [2.05, 4.69) is 15.1 Å². The van der Waals surface area contributed by atoms with Gasteiger partial charge in [-0.05, 0) is 39.2 Å². The molecule has 0 unspecified atom stereocenters. The summed E-state index contributed by atoms with van der Waals surface area (Å²) in [5.74, 6) is 1.39. The average molecular weight is 400 g/mol. The molecule has 7 nitrogen and oxygen atoms in total. The molecule has 2 heterocycles. The first-order valence-electron chi connectivity index (χ1n) is 9.09. The van der Waals surface area contributed by atoms with Crippen molar-refractivity contribution < 1.29 is 9.53 Å². The van der Waals surface area contributed by atoms with Gasteiger partial charge in [-0.1, -0.05) is 29.5 Å². The maximum atomic E-state index is 12.7. The first-order chi connectivity index (χ1) is 13.4. The van der Waals surface area contributed by atoms with Crippen LogP contribution >= 0.6 is 11.8 Å². The van der Waals surface area contributed by atoms with Crippen LogP contribution in [0.4, 0.5) is 0 Å². The van der Waals surface area contributed by atoms with E-state index in [1.807, 2.05) is 51.3 Å². The Labute approximate surface area is 169 Å². The summed E-state index contributed by atoms with van der Waals surface area (Å²) in [5.41, 5.74) is 3.78. The van der Waals surface area contributed by atoms with Crippen molar-refractivity contribution in [3.63, 3.8) is 0 Å². The Kier molecular flexibility index (Phi) is 6.18. The molecule has 0 spiro atoms. The number of thioether (sulfide) groups is 1. The lowest BCUT2D eigenvalue weighted by atomic mass is 10.1. The Balaban J connectivity index is 1.63. The van der Waals surface area contributed by atoms with Gasteiger partial charge in [0, 0.05) is 24.0 Å². The van der Waals surface area contributed by atoms with Crippen molar-refractivity contribution >= 4 is 23.4 Å². The number of ether oxygens (including phenoxy) is 1. The Morgan fingerprint density at radius 2 is 1.89 bits per heavy atom. The highest BCUT2D eigenvalue weighted by atomic mass is 32.2. The van der Waals surface area contributed by atoms with Crippen molar-refractivity contribution in [1.82, 2.24) is 24.5 Å². The van der Waals surface area contributed by atoms with Crippen LogP contribution in [0.2, 0.25) is 0 Å². The summed E-state index contributed by atoms with van der Waals surface area (Å²) in [6.45, 7) is 6.85. The number of likely N-dealkylation sites (N-methyl/N-ethyl adjacent to an activating group) is 1. The molecule has 0 bridgehead atoms. The summed E-state index contributed by atoms with van der Waals surface area (Å²) in [5, 5.41) is 5.11. The molecular formula is C20H25N5O2S. The van der Waals surface area contributed by atoms with E-state index in [1.165, 1.54) is 17.3 Å². The molecule has 1 aromatic carbocycles. The van der Waals surface area contributed by atoms with Gasteiger partial charge in [0.25, 0.3) is 5.78 Å². The fourth-order valence-corrected chi connectivity index (χ4v) is 3.21. The zero-order valence-corrected chi connectivity index (χ0v) is 17.7. The number of nitrogens with zero attached hydrogens (tertiary/aromatic N) is 5. The average Bonchev–Trinajstić information content (AvgIpc) is 3.09. The molecule has 0 radical (unpaired) electrons. The topological polar surface area (TPSA) is 72.6 Å². The van der Waals surface area contributed by atoms with E-state index in [-0.39, 0.29) is 12.3 Å². The van der Waals surface area contributed by atoms with Crippen molar-refractivity contribution in [2.75, 3.05) is 26.5 Å². The first kappa shape index (κ1) is 20.1. The Hall–Kier alpha value is -2.61. The first-order valence-corrected chi connectivity index (χ1v) is 10.3. The van der Waals surface area contributed by atoms with Gasteiger partial charge in [0.1, 0.15) is 12.4 Å². The van der Waals surface area contributed by atoms with Crippen LogP contribution < -0.4 is 4.74 Å². The lowest BCUT2D eigenvalue weighted by molar-refractivity contribution is -0.129. The molecule has 0 aliphatic carbocycles. The molecule has 0 saturated carbocycles. The van der Waals surface area contributed by atoms with Gasteiger partial charge in [0.05, 0.1) is 13.0 Å². The molecule has 0 saturated heterocycles. The second kappa shape index (κ2) is 8.60. The van der Waals surface area contributed by atoms with E-state index in [0.29, 0.717) is 24.1 Å². The number of carbonyl (C=O) groups excluding carboxylic acids is 1. The van der Waals surface area contributed by atoms with Crippen LogP contribution in [0.3, 0.4) is 0 Å². The second-order valence-electron chi connectivity index (χ2n) is 6.73. The molecule has 0 aliphatic rings. The largest absolute Gasteiger partial charge is 0.492 e. The predicted octanol–water partition coefficient (Wildman–Crippen LogP) is 2.85. The van der Waals surface area contributed by atoms with E-state index in [9.17, 15) is 4.79 Å². The summed E-state index contributed by atoms with van der Waals surface area (Å²) in [6.07, 6.45) is 2.20. The maximum absolute atomic E-state index is 12.7. The van der Waals surface area contributed by atoms with E-state index >= 15 is 0 Å². The SMILES string of the molecule is CSc1nc2nc(C)c(CC(=O)N(C)CCOc3ccc(C)cc3)c(C)n2n1.